The largest absolute Gasteiger partial charge is 0.374 e. The number of hydrogen-bond acceptors (Lipinski definition) is 2. The molecule has 3 heteroatoms. The zero-order valence-electron chi connectivity index (χ0n) is 10.6. The van der Waals surface area contributed by atoms with Crippen molar-refractivity contribution in [3.05, 3.63) is 27.3 Å². The third-order valence-electron chi connectivity index (χ3n) is 2.52. The van der Waals surface area contributed by atoms with E-state index in [1.807, 2.05) is 0 Å². The van der Waals surface area contributed by atoms with E-state index in [2.05, 4.69) is 78.7 Å². The molecule has 0 saturated heterocycles. The summed E-state index contributed by atoms with van der Waals surface area (Å²) in [5.74, 6) is 0. The highest BCUT2D eigenvalue weighted by molar-refractivity contribution is 14.1. The van der Waals surface area contributed by atoms with Crippen LogP contribution in [0.2, 0.25) is 0 Å². The molecule has 0 bridgehead atoms. The Morgan fingerprint density at radius 2 is 1.88 bits per heavy atom. The second-order valence-corrected chi connectivity index (χ2v) is 5.49. The lowest BCUT2D eigenvalue weighted by Gasteiger charge is -2.22. The summed E-state index contributed by atoms with van der Waals surface area (Å²) in [7, 11) is 6.39. The Hall–Kier alpha value is -0.290. The lowest BCUT2D eigenvalue weighted by molar-refractivity contribution is 0.401. The molecule has 0 heterocycles. The minimum atomic E-state index is 1.01. The minimum Gasteiger partial charge on any atom is -0.374 e. The van der Waals surface area contributed by atoms with Crippen molar-refractivity contribution < 1.29 is 0 Å². The molecule has 1 aromatic carbocycles. The summed E-state index contributed by atoms with van der Waals surface area (Å²) in [6, 6.07) is 6.57. The van der Waals surface area contributed by atoms with Crippen molar-refractivity contribution in [1.82, 2.24) is 4.90 Å². The van der Waals surface area contributed by atoms with Gasteiger partial charge < -0.3 is 9.80 Å². The van der Waals surface area contributed by atoms with Gasteiger partial charge in [0.2, 0.25) is 0 Å². The van der Waals surface area contributed by atoms with Crippen molar-refractivity contribution >= 4 is 28.3 Å². The molecule has 0 fully saturated rings. The summed E-state index contributed by atoms with van der Waals surface area (Å²) in [6.07, 6.45) is 1.19. The number of benzene rings is 1. The first-order chi connectivity index (χ1) is 7.56. The van der Waals surface area contributed by atoms with E-state index in [4.69, 9.17) is 0 Å². The van der Waals surface area contributed by atoms with Gasteiger partial charge in [0.25, 0.3) is 0 Å². The van der Waals surface area contributed by atoms with Gasteiger partial charge in [0.05, 0.1) is 5.69 Å². The van der Waals surface area contributed by atoms with Crippen LogP contribution in [0.1, 0.15) is 18.9 Å². The molecule has 0 unspecified atom stereocenters. The van der Waals surface area contributed by atoms with Gasteiger partial charge in [-0.05, 0) is 54.7 Å². The van der Waals surface area contributed by atoms with Crippen LogP contribution in [0.25, 0.3) is 0 Å². The maximum absolute atomic E-state index is 2.46. The van der Waals surface area contributed by atoms with Crippen LogP contribution in [0.4, 0.5) is 5.69 Å². The maximum Gasteiger partial charge on any atom is 0.0502 e. The van der Waals surface area contributed by atoms with Gasteiger partial charge >= 0.3 is 0 Å². The smallest absolute Gasteiger partial charge is 0.0502 e. The van der Waals surface area contributed by atoms with E-state index in [0.29, 0.717) is 0 Å². The van der Waals surface area contributed by atoms with Crippen molar-refractivity contribution in [2.24, 2.45) is 0 Å². The molecular formula is C13H21IN2. The number of anilines is 1. The number of rotatable bonds is 5. The third kappa shape index (κ3) is 3.63. The highest BCUT2D eigenvalue weighted by atomic mass is 127. The van der Waals surface area contributed by atoms with Crippen LogP contribution in [0.15, 0.2) is 18.2 Å². The molecule has 1 aromatic rings. The number of halogens is 1. The standard InChI is InChI=1S/C13H21IN2/c1-5-9-16(4)12-8-6-7-11(13(12)14)10-15(2)3/h6-8H,5,9-10H2,1-4H3. The van der Waals surface area contributed by atoms with Crippen molar-refractivity contribution in [2.45, 2.75) is 19.9 Å². The van der Waals surface area contributed by atoms with Gasteiger partial charge in [0.15, 0.2) is 0 Å². The first kappa shape index (κ1) is 13.8. The highest BCUT2D eigenvalue weighted by Crippen LogP contribution is 2.25. The summed E-state index contributed by atoms with van der Waals surface area (Å²) >= 11 is 2.46. The van der Waals surface area contributed by atoms with Crippen LogP contribution in [-0.4, -0.2) is 32.6 Å². The second-order valence-electron chi connectivity index (χ2n) is 4.41. The Labute approximate surface area is 113 Å². The number of hydrogen-bond donors (Lipinski definition) is 0. The summed E-state index contributed by atoms with van der Waals surface area (Å²) in [4.78, 5) is 4.54. The molecule has 0 amide bonds. The fraction of sp³-hybridized carbons (Fsp3) is 0.538. The molecule has 1 rings (SSSR count). The summed E-state index contributed by atoms with van der Waals surface area (Å²) in [5.41, 5.74) is 2.76. The van der Waals surface area contributed by atoms with Crippen molar-refractivity contribution in [1.29, 1.82) is 0 Å². The van der Waals surface area contributed by atoms with Crippen LogP contribution in [0.5, 0.6) is 0 Å². The van der Waals surface area contributed by atoms with Crippen molar-refractivity contribution in [3.63, 3.8) is 0 Å². The fourth-order valence-corrected chi connectivity index (χ4v) is 2.72. The molecular weight excluding hydrogens is 311 g/mol. The van der Waals surface area contributed by atoms with E-state index in [1.54, 1.807) is 0 Å². The zero-order valence-corrected chi connectivity index (χ0v) is 12.8. The Morgan fingerprint density at radius 3 is 2.44 bits per heavy atom. The van der Waals surface area contributed by atoms with Gasteiger partial charge in [-0.1, -0.05) is 19.1 Å². The predicted molar refractivity (Wildman–Crippen MR) is 80.1 cm³/mol. The Balaban J connectivity index is 2.94. The van der Waals surface area contributed by atoms with Crippen molar-refractivity contribution in [3.8, 4) is 0 Å². The van der Waals surface area contributed by atoms with Crippen LogP contribution in [-0.2, 0) is 6.54 Å². The Bertz CT molecular complexity index is 337. The molecule has 0 aliphatic heterocycles. The molecule has 0 atom stereocenters. The van der Waals surface area contributed by atoms with Crippen LogP contribution >= 0.6 is 22.6 Å². The minimum absolute atomic E-state index is 1.01. The van der Waals surface area contributed by atoms with Gasteiger partial charge in [-0.25, -0.2) is 0 Å². The van der Waals surface area contributed by atoms with Gasteiger partial charge in [0.1, 0.15) is 0 Å². The normalized spacial score (nSPS) is 10.9. The van der Waals surface area contributed by atoms with E-state index in [1.165, 1.54) is 21.2 Å². The Morgan fingerprint density at radius 1 is 1.19 bits per heavy atom. The first-order valence-corrected chi connectivity index (χ1v) is 6.77. The fourth-order valence-electron chi connectivity index (χ4n) is 1.78. The monoisotopic (exact) mass is 332 g/mol. The molecule has 0 spiro atoms. The van der Waals surface area contributed by atoms with E-state index < -0.39 is 0 Å². The lowest BCUT2D eigenvalue weighted by Crippen LogP contribution is -2.20. The summed E-state index contributed by atoms with van der Waals surface area (Å²) < 4.78 is 1.38. The van der Waals surface area contributed by atoms with E-state index >= 15 is 0 Å². The average molecular weight is 332 g/mol. The van der Waals surface area contributed by atoms with Crippen LogP contribution in [0, 0.1) is 3.57 Å². The molecule has 2 nitrogen and oxygen atoms in total. The SMILES string of the molecule is CCCN(C)c1cccc(CN(C)C)c1I. The Kier molecular flexibility index (Phi) is 5.55. The molecule has 16 heavy (non-hydrogen) atoms. The van der Waals surface area contributed by atoms with Gasteiger partial charge in [0, 0.05) is 23.7 Å². The topological polar surface area (TPSA) is 6.48 Å². The van der Waals surface area contributed by atoms with E-state index in [0.717, 1.165) is 13.1 Å². The third-order valence-corrected chi connectivity index (χ3v) is 3.76. The molecule has 0 aromatic heterocycles. The first-order valence-electron chi connectivity index (χ1n) is 5.69. The molecule has 0 aliphatic rings. The van der Waals surface area contributed by atoms with Gasteiger partial charge in [-0.3, -0.25) is 0 Å². The van der Waals surface area contributed by atoms with E-state index in [9.17, 15) is 0 Å². The lowest BCUT2D eigenvalue weighted by atomic mass is 10.2. The zero-order chi connectivity index (χ0) is 12.1. The van der Waals surface area contributed by atoms with Gasteiger partial charge in [-0.2, -0.15) is 0 Å². The van der Waals surface area contributed by atoms with Gasteiger partial charge in [-0.15, -0.1) is 0 Å². The van der Waals surface area contributed by atoms with E-state index in [-0.39, 0.29) is 0 Å². The number of nitrogens with zero attached hydrogens (tertiary/aromatic N) is 2. The molecule has 90 valence electrons. The quantitative estimate of drug-likeness (QED) is 0.764. The average Bonchev–Trinajstić information content (AvgIpc) is 2.21. The van der Waals surface area contributed by atoms with Crippen molar-refractivity contribution in [2.75, 3.05) is 32.6 Å². The summed E-state index contributed by atoms with van der Waals surface area (Å²) in [5, 5.41) is 0. The maximum atomic E-state index is 2.46. The summed E-state index contributed by atoms with van der Waals surface area (Å²) in [6.45, 7) is 4.33. The second kappa shape index (κ2) is 6.45. The molecule has 0 radical (unpaired) electrons. The molecule has 0 N–H and O–H groups in total. The molecule has 0 aliphatic carbocycles. The highest BCUT2D eigenvalue weighted by Gasteiger charge is 2.09. The predicted octanol–water partition coefficient (Wildman–Crippen LogP) is 3.20. The van der Waals surface area contributed by atoms with Crippen LogP contribution < -0.4 is 4.90 Å². The molecule has 0 saturated carbocycles. The van der Waals surface area contributed by atoms with Crippen LogP contribution in [0.3, 0.4) is 0 Å².